The molecule has 0 aliphatic heterocycles. The molecule has 3 heteroatoms. The Balaban J connectivity index is 3.00. The maximum atomic E-state index is 2.77. The third-order valence-electron chi connectivity index (χ3n) is 4.94. The van der Waals surface area contributed by atoms with Crippen LogP contribution in [0.5, 0.6) is 0 Å². The van der Waals surface area contributed by atoms with Crippen molar-refractivity contribution < 1.29 is 0 Å². The number of nitrogens with zero attached hydrogens (tertiary/aromatic N) is 2. The van der Waals surface area contributed by atoms with E-state index in [0.717, 1.165) is 15.1 Å². The zero-order valence-electron chi connectivity index (χ0n) is 16.4. The smallest absolute Gasteiger partial charge is 0.0855 e. The molecule has 22 heavy (non-hydrogen) atoms. The van der Waals surface area contributed by atoms with Crippen LogP contribution >= 0.6 is 0 Å². The van der Waals surface area contributed by atoms with Gasteiger partial charge < -0.3 is 0 Å². The first kappa shape index (κ1) is 20.2. The van der Waals surface area contributed by atoms with Gasteiger partial charge in [-0.3, -0.25) is 9.80 Å². The first-order valence-corrected chi connectivity index (χ1v) is 10.7. The molecule has 0 amide bonds. The van der Waals surface area contributed by atoms with Crippen LogP contribution in [0.1, 0.15) is 87.5 Å². The van der Waals surface area contributed by atoms with Crippen LogP contribution < -0.4 is 0 Å². The van der Waals surface area contributed by atoms with Crippen molar-refractivity contribution >= 4 is 9.52 Å². The molecule has 2 nitrogen and oxygen atoms in total. The molecular weight excluding hydrogens is 284 g/mol. The lowest BCUT2D eigenvalue weighted by molar-refractivity contribution is 0.00901. The molecule has 1 aliphatic carbocycles. The molecule has 2 radical (unpaired) electrons. The van der Waals surface area contributed by atoms with Crippen molar-refractivity contribution in [2.24, 2.45) is 0 Å². The fourth-order valence-electron chi connectivity index (χ4n) is 4.13. The molecule has 0 aromatic rings. The lowest BCUT2D eigenvalue weighted by atomic mass is 10.0. The summed E-state index contributed by atoms with van der Waals surface area (Å²) in [5, 5.41) is 0. The van der Waals surface area contributed by atoms with Crippen molar-refractivity contribution in [3.8, 4) is 0 Å². The zero-order chi connectivity index (χ0) is 16.9. The molecule has 0 unspecified atom stereocenters. The van der Waals surface area contributed by atoms with Crippen LogP contribution in [0.15, 0.2) is 0 Å². The zero-order valence-corrected chi connectivity index (χ0v) is 17.4. The maximum absolute atomic E-state index is 2.77. The minimum Gasteiger partial charge on any atom is -0.286 e. The normalized spacial score (nSPS) is 18.1. The Morgan fingerprint density at radius 1 is 0.636 bits per heavy atom. The predicted molar refractivity (Wildman–Crippen MR) is 101 cm³/mol. The van der Waals surface area contributed by atoms with Crippen LogP contribution in [0, 0.1) is 0 Å². The van der Waals surface area contributed by atoms with Crippen LogP contribution in [-0.2, 0) is 0 Å². The van der Waals surface area contributed by atoms with Gasteiger partial charge in [0.15, 0.2) is 0 Å². The highest BCUT2D eigenvalue weighted by Crippen LogP contribution is 2.31. The van der Waals surface area contributed by atoms with Crippen LogP contribution in [0.3, 0.4) is 0 Å². The van der Waals surface area contributed by atoms with Gasteiger partial charge in [-0.2, -0.15) is 0 Å². The topological polar surface area (TPSA) is 6.48 Å². The summed E-state index contributed by atoms with van der Waals surface area (Å²) in [5.74, 6) is 0.614. The Morgan fingerprint density at radius 3 is 1.32 bits per heavy atom. The third-order valence-corrected chi connectivity index (χ3v) is 6.88. The largest absolute Gasteiger partial charge is 0.286 e. The van der Waals surface area contributed by atoms with Gasteiger partial charge in [0.25, 0.3) is 0 Å². The Hall–Kier alpha value is 0.137. The summed E-state index contributed by atoms with van der Waals surface area (Å²) < 4.78 is 0. The molecule has 1 saturated carbocycles. The SMILES string of the molecule is CC(C)N(C(C)C)C([Si]C1CCCCC1)N(C(C)C)C(C)C. The van der Waals surface area contributed by atoms with Crippen molar-refractivity contribution in [1.82, 2.24) is 9.80 Å². The van der Waals surface area contributed by atoms with E-state index < -0.39 is 0 Å². The standard InChI is InChI=1S/C19H40N2Si/c1-14(2)20(15(3)4)19(21(16(5)6)17(7)8)22-18-12-10-9-11-13-18/h14-19H,9-13H2,1-8H3. The summed E-state index contributed by atoms with van der Waals surface area (Å²) in [6, 6.07) is 2.45. The first-order chi connectivity index (χ1) is 10.3. The average Bonchev–Trinajstić information content (AvgIpc) is 2.37. The quantitative estimate of drug-likeness (QED) is 0.460. The molecule has 0 atom stereocenters. The van der Waals surface area contributed by atoms with Crippen molar-refractivity contribution in [2.45, 2.75) is 123 Å². The molecule has 0 bridgehead atoms. The predicted octanol–water partition coefficient (Wildman–Crippen LogP) is 4.96. The number of hydrogen-bond acceptors (Lipinski definition) is 2. The van der Waals surface area contributed by atoms with Gasteiger partial charge in [0, 0.05) is 30.0 Å². The Morgan fingerprint density at radius 2 is 1.00 bits per heavy atom. The summed E-state index contributed by atoms with van der Waals surface area (Å²) >= 11 is 0. The van der Waals surface area contributed by atoms with E-state index in [1.807, 2.05) is 0 Å². The summed E-state index contributed by atoms with van der Waals surface area (Å²) in [4.78, 5) is 5.54. The lowest BCUT2D eigenvalue weighted by Crippen LogP contribution is -2.61. The highest BCUT2D eigenvalue weighted by Gasteiger charge is 2.34. The molecule has 0 aromatic heterocycles. The molecule has 0 N–H and O–H groups in total. The van der Waals surface area contributed by atoms with Gasteiger partial charge in [0.2, 0.25) is 0 Å². The van der Waals surface area contributed by atoms with Gasteiger partial charge >= 0.3 is 0 Å². The van der Waals surface area contributed by atoms with E-state index in [1.54, 1.807) is 0 Å². The maximum Gasteiger partial charge on any atom is 0.0855 e. The molecular formula is C19H40N2Si. The van der Waals surface area contributed by atoms with E-state index in [9.17, 15) is 0 Å². The van der Waals surface area contributed by atoms with Crippen LogP contribution in [-0.4, -0.2) is 49.3 Å². The second-order valence-corrected chi connectivity index (χ2v) is 9.81. The Labute approximate surface area is 142 Å². The van der Waals surface area contributed by atoms with E-state index >= 15 is 0 Å². The first-order valence-electron chi connectivity index (χ1n) is 9.56. The second-order valence-electron chi connectivity index (χ2n) is 8.14. The summed E-state index contributed by atoms with van der Waals surface area (Å²) in [6.07, 6.45) is 7.29. The molecule has 0 spiro atoms. The number of rotatable bonds is 8. The Bertz CT molecular complexity index is 260. The van der Waals surface area contributed by atoms with E-state index in [1.165, 1.54) is 32.1 Å². The van der Waals surface area contributed by atoms with Gasteiger partial charge in [-0.15, -0.1) is 0 Å². The summed E-state index contributed by atoms with van der Waals surface area (Å²) in [6.45, 7) is 19.0. The average molecular weight is 325 g/mol. The highest BCUT2D eigenvalue weighted by molar-refractivity contribution is 6.39. The van der Waals surface area contributed by atoms with Crippen molar-refractivity contribution in [1.29, 1.82) is 0 Å². The number of hydrogen-bond donors (Lipinski definition) is 0. The Kier molecular flexibility index (Phi) is 8.66. The summed E-state index contributed by atoms with van der Waals surface area (Å²) in [5.41, 5.74) is 0.957. The molecule has 0 aromatic carbocycles. The molecule has 1 fully saturated rings. The molecule has 1 rings (SSSR count). The molecule has 130 valence electrons. The van der Waals surface area contributed by atoms with Crippen molar-refractivity contribution in [2.75, 3.05) is 0 Å². The van der Waals surface area contributed by atoms with Crippen LogP contribution in [0.4, 0.5) is 0 Å². The van der Waals surface area contributed by atoms with Gasteiger partial charge in [-0.05, 0) is 60.9 Å². The van der Waals surface area contributed by atoms with E-state index in [0.29, 0.717) is 30.0 Å². The molecule has 1 aliphatic rings. The molecule has 0 saturated heterocycles. The van der Waals surface area contributed by atoms with Gasteiger partial charge in [-0.25, -0.2) is 0 Å². The monoisotopic (exact) mass is 324 g/mol. The van der Waals surface area contributed by atoms with Crippen LogP contribution in [0.25, 0.3) is 0 Å². The van der Waals surface area contributed by atoms with E-state index in [-0.39, 0.29) is 0 Å². The van der Waals surface area contributed by atoms with Gasteiger partial charge in [0.1, 0.15) is 0 Å². The lowest BCUT2D eigenvalue weighted by Gasteiger charge is -2.49. The fourth-order valence-corrected chi connectivity index (χ4v) is 6.83. The van der Waals surface area contributed by atoms with E-state index in [2.05, 4.69) is 65.2 Å². The minimum atomic E-state index is 0.612. The fraction of sp³-hybridized carbons (Fsp3) is 1.00. The highest BCUT2D eigenvalue weighted by atomic mass is 28.2. The van der Waals surface area contributed by atoms with Crippen molar-refractivity contribution in [3.63, 3.8) is 0 Å². The second kappa shape index (κ2) is 9.44. The van der Waals surface area contributed by atoms with Crippen molar-refractivity contribution in [3.05, 3.63) is 0 Å². The third kappa shape index (κ3) is 5.65. The van der Waals surface area contributed by atoms with Gasteiger partial charge in [-0.1, -0.05) is 32.1 Å². The van der Waals surface area contributed by atoms with E-state index in [4.69, 9.17) is 0 Å². The van der Waals surface area contributed by atoms with Crippen LogP contribution in [0.2, 0.25) is 5.54 Å². The minimum absolute atomic E-state index is 0.612. The summed E-state index contributed by atoms with van der Waals surface area (Å²) in [7, 11) is 1.06. The molecule has 0 heterocycles. The van der Waals surface area contributed by atoms with Gasteiger partial charge in [0.05, 0.1) is 9.52 Å².